The van der Waals surface area contributed by atoms with E-state index in [0.717, 1.165) is 18.2 Å². The summed E-state index contributed by atoms with van der Waals surface area (Å²) in [5.41, 5.74) is -1.24. The van der Waals surface area contributed by atoms with Gasteiger partial charge in [0.05, 0.1) is 16.7 Å². The molecule has 0 heterocycles. The second-order valence-electron chi connectivity index (χ2n) is 4.67. The van der Waals surface area contributed by atoms with Gasteiger partial charge >= 0.3 is 29.8 Å². The molecule has 1 aromatic rings. The van der Waals surface area contributed by atoms with Crippen LogP contribution in [-0.4, -0.2) is 55.4 Å². The van der Waals surface area contributed by atoms with Crippen LogP contribution in [0.4, 0.5) is 0 Å². The molecule has 0 unspecified atom stereocenters. The van der Waals surface area contributed by atoms with Crippen molar-refractivity contribution in [2.45, 2.75) is 25.7 Å². The Morgan fingerprint density at radius 1 is 0.640 bits per heavy atom. The third-order valence-corrected chi connectivity index (χ3v) is 2.76. The minimum atomic E-state index is -1.48. The zero-order valence-corrected chi connectivity index (χ0v) is 12.8. The molecule has 0 radical (unpaired) electrons. The fraction of sp³-hybridized carbons (Fsp3) is 0.267. The Hall–Kier alpha value is -3.43. The van der Waals surface area contributed by atoms with Crippen molar-refractivity contribution < 1.29 is 49.5 Å². The first-order chi connectivity index (χ1) is 11.6. The Labute approximate surface area is 141 Å². The Bertz CT molecular complexity index is 661. The van der Waals surface area contributed by atoms with Crippen LogP contribution in [-0.2, 0) is 9.59 Å². The zero-order chi connectivity index (χ0) is 19.6. The van der Waals surface area contributed by atoms with E-state index in [9.17, 15) is 24.0 Å². The Morgan fingerprint density at radius 2 is 1.08 bits per heavy atom. The van der Waals surface area contributed by atoms with E-state index in [1.54, 1.807) is 0 Å². The largest absolute Gasteiger partial charge is 0.481 e. The highest BCUT2D eigenvalue weighted by molar-refractivity contribution is 6.03. The van der Waals surface area contributed by atoms with Crippen LogP contribution < -0.4 is 0 Å². The van der Waals surface area contributed by atoms with Gasteiger partial charge in [0.2, 0.25) is 0 Å². The average molecular weight is 356 g/mol. The molecule has 10 nitrogen and oxygen atoms in total. The van der Waals surface area contributed by atoms with Crippen molar-refractivity contribution in [2.75, 3.05) is 0 Å². The molecule has 136 valence electrons. The van der Waals surface area contributed by atoms with Crippen molar-refractivity contribution in [3.05, 3.63) is 34.9 Å². The predicted octanol–water partition coefficient (Wildman–Crippen LogP) is 1.50. The lowest BCUT2D eigenvalue weighted by molar-refractivity contribution is -0.139. The minimum Gasteiger partial charge on any atom is -0.481 e. The molecular weight excluding hydrogens is 340 g/mol. The maximum atomic E-state index is 10.6. The van der Waals surface area contributed by atoms with Gasteiger partial charge in [0, 0.05) is 12.8 Å². The predicted molar refractivity (Wildman–Crippen MR) is 81.1 cm³/mol. The molecule has 0 aliphatic carbocycles. The van der Waals surface area contributed by atoms with Crippen LogP contribution in [0.25, 0.3) is 0 Å². The molecule has 1 rings (SSSR count). The summed E-state index contributed by atoms with van der Waals surface area (Å²) >= 11 is 0. The van der Waals surface area contributed by atoms with Gasteiger partial charge in [-0.2, -0.15) is 0 Å². The first-order valence-electron chi connectivity index (χ1n) is 6.83. The molecule has 0 fully saturated rings. The normalized spacial score (nSPS) is 9.44. The highest BCUT2D eigenvalue weighted by Crippen LogP contribution is 2.12. The Morgan fingerprint density at radius 3 is 1.40 bits per heavy atom. The van der Waals surface area contributed by atoms with E-state index in [1.807, 2.05) is 0 Å². The molecule has 0 saturated heterocycles. The third kappa shape index (κ3) is 8.69. The van der Waals surface area contributed by atoms with Gasteiger partial charge < -0.3 is 25.5 Å². The molecule has 10 heteroatoms. The van der Waals surface area contributed by atoms with Crippen LogP contribution in [0.2, 0.25) is 0 Å². The molecule has 0 aliphatic rings. The van der Waals surface area contributed by atoms with E-state index in [0.29, 0.717) is 12.8 Å². The van der Waals surface area contributed by atoms with Gasteiger partial charge in [-0.25, -0.2) is 14.4 Å². The average Bonchev–Trinajstić information content (AvgIpc) is 2.51. The quantitative estimate of drug-likeness (QED) is 0.427. The van der Waals surface area contributed by atoms with Crippen LogP contribution in [0.1, 0.15) is 56.8 Å². The van der Waals surface area contributed by atoms with Gasteiger partial charge in [0.15, 0.2) is 0 Å². The van der Waals surface area contributed by atoms with Crippen molar-refractivity contribution in [3.8, 4) is 0 Å². The topological polar surface area (TPSA) is 186 Å². The number of unbranched alkanes of at least 4 members (excludes halogenated alkanes) is 1. The van der Waals surface area contributed by atoms with Gasteiger partial charge in [0.25, 0.3) is 0 Å². The monoisotopic (exact) mass is 356 g/mol. The van der Waals surface area contributed by atoms with Crippen LogP contribution in [0.15, 0.2) is 18.2 Å². The number of carboxylic acid groups (broad SMARTS) is 5. The van der Waals surface area contributed by atoms with Crippen molar-refractivity contribution in [1.29, 1.82) is 0 Å². The van der Waals surface area contributed by atoms with E-state index in [2.05, 4.69) is 0 Å². The van der Waals surface area contributed by atoms with Gasteiger partial charge in [-0.15, -0.1) is 0 Å². The number of hydrogen-bond donors (Lipinski definition) is 5. The summed E-state index contributed by atoms with van der Waals surface area (Å²) in [6, 6.07) is 2.81. The van der Waals surface area contributed by atoms with Gasteiger partial charge in [-0.05, 0) is 31.0 Å². The summed E-state index contributed by atoms with van der Waals surface area (Å²) in [5, 5.41) is 42.1. The standard InChI is InChI=1S/C9H6O6.C6H10O4/c10-7(11)4-1-2-5(8(12)13)6(3-4)9(14)15;7-5(8)3-1-2-4-6(9)10/h1-3H,(H,10,11)(H,12,13)(H,14,15);1-4H2,(H,7,8)(H,9,10). The molecule has 0 saturated carbocycles. The highest BCUT2D eigenvalue weighted by atomic mass is 16.4. The highest BCUT2D eigenvalue weighted by Gasteiger charge is 2.17. The zero-order valence-electron chi connectivity index (χ0n) is 12.8. The second-order valence-corrected chi connectivity index (χ2v) is 4.67. The van der Waals surface area contributed by atoms with E-state index in [4.69, 9.17) is 25.5 Å². The van der Waals surface area contributed by atoms with Gasteiger partial charge in [0.1, 0.15) is 0 Å². The molecule has 0 atom stereocenters. The number of hydrogen-bond acceptors (Lipinski definition) is 5. The van der Waals surface area contributed by atoms with Crippen LogP contribution in [0.3, 0.4) is 0 Å². The number of benzene rings is 1. The summed E-state index contributed by atoms with van der Waals surface area (Å²) in [4.78, 5) is 51.6. The maximum absolute atomic E-state index is 10.6. The lowest BCUT2D eigenvalue weighted by Gasteiger charge is -2.02. The number of aromatic carboxylic acids is 3. The molecule has 0 spiro atoms. The summed E-state index contributed by atoms with van der Waals surface area (Å²) in [7, 11) is 0. The number of rotatable bonds is 8. The van der Waals surface area contributed by atoms with Crippen molar-refractivity contribution in [3.63, 3.8) is 0 Å². The van der Waals surface area contributed by atoms with E-state index < -0.39 is 41.0 Å². The van der Waals surface area contributed by atoms with Crippen LogP contribution in [0.5, 0.6) is 0 Å². The number of carbonyl (C=O) groups is 5. The molecule has 0 aliphatic heterocycles. The summed E-state index contributed by atoms with van der Waals surface area (Å²) in [6.45, 7) is 0. The summed E-state index contributed by atoms with van der Waals surface area (Å²) in [6.07, 6.45) is 1.02. The van der Waals surface area contributed by atoms with Gasteiger partial charge in [-0.3, -0.25) is 9.59 Å². The van der Waals surface area contributed by atoms with E-state index >= 15 is 0 Å². The molecule has 0 aromatic heterocycles. The molecule has 25 heavy (non-hydrogen) atoms. The smallest absolute Gasteiger partial charge is 0.336 e. The van der Waals surface area contributed by atoms with Crippen molar-refractivity contribution >= 4 is 29.8 Å². The van der Waals surface area contributed by atoms with Crippen molar-refractivity contribution in [1.82, 2.24) is 0 Å². The first-order valence-corrected chi connectivity index (χ1v) is 6.83. The summed E-state index contributed by atoms with van der Waals surface area (Å²) < 4.78 is 0. The lowest BCUT2D eigenvalue weighted by Crippen LogP contribution is -2.10. The Kier molecular flexibility index (Phi) is 8.94. The number of carboxylic acids is 5. The molecule has 1 aromatic carbocycles. The summed E-state index contributed by atoms with van der Waals surface area (Å²) in [5.74, 6) is -5.94. The van der Waals surface area contributed by atoms with Crippen molar-refractivity contribution in [2.24, 2.45) is 0 Å². The third-order valence-electron chi connectivity index (χ3n) is 2.76. The maximum Gasteiger partial charge on any atom is 0.336 e. The first kappa shape index (κ1) is 21.6. The van der Waals surface area contributed by atoms with Crippen LogP contribution >= 0.6 is 0 Å². The Balaban J connectivity index is 0.000000504. The number of aliphatic carboxylic acids is 2. The fourth-order valence-corrected chi connectivity index (χ4v) is 1.59. The minimum absolute atomic E-state index is 0.0628. The van der Waals surface area contributed by atoms with Gasteiger partial charge in [-0.1, -0.05) is 0 Å². The molecule has 0 bridgehead atoms. The fourth-order valence-electron chi connectivity index (χ4n) is 1.59. The van der Waals surface area contributed by atoms with E-state index in [-0.39, 0.29) is 18.4 Å². The lowest BCUT2D eigenvalue weighted by atomic mass is 10.0. The second kappa shape index (κ2) is 10.4. The molecule has 5 N–H and O–H groups in total. The molecule has 0 amide bonds. The molecular formula is C15H16O10. The van der Waals surface area contributed by atoms with E-state index in [1.165, 1.54) is 0 Å². The van der Waals surface area contributed by atoms with Crippen LogP contribution in [0, 0.1) is 0 Å². The SMILES string of the molecule is O=C(O)CCCCC(=O)O.O=C(O)c1ccc(C(=O)O)c(C(=O)O)c1.